The standard InChI is InChI=1S/C62H56N2/c1-41-37-47(63(45-27-15-9-16-28-45)55-33-21-19-31-49(55)43-23-11-7-12-24-43)39-53-57(41)51-35-36-52-58-42(2)38-48(40-54(58)62(5,6)60(52)59(51)61(53,3)4)64(46-29-17-10-18-30-46)56-34-22-20-32-50(56)44-25-13-8-14-26-44/h7-25,27-29,31-40,44,46H,26,30H2,1-6H3. The Kier molecular flexibility index (Phi) is 9.62. The second-order valence-corrected chi connectivity index (χ2v) is 19.3. The van der Waals surface area contributed by atoms with Crippen molar-refractivity contribution in [2.24, 2.45) is 0 Å². The number of anilines is 5. The third kappa shape index (κ3) is 6.29. The monoisotopic (exact) mass is 828 g/mol. The molecule has 2 atom stereocenters. The average molecular weight is 829 g/mol. The lowest BCUT2D eigenvalue weighted by molar-refractivity contribution is 0.601. The summed E-state index contributed by atoms with van der Waals surface area (Å²) in [5, 5.41) is 0. The van der Waals surface area contributed by atoms with Gasteiger partial charge in [-0.1, -0.05) is 173 Å². The van der Waals surface area contributed by atoms with Crippen molar-refractivity contribution in [1.82, 2.24) is 0 Å². The van der Waals surface area contributed by atoms with Crippen molar-refractivity contribution < 1.29 is 0 Å². The molecule has 7 aromatic rings. The van der Waals surface area contributed by atoms with E-state index in [-0.39, 0.29) is 16.9 Å². The largest absolute Gasteiger partial charge is 0.334 e. The molecule has 0 saturated carbocycles. The van der Waals surface area contributed by atoms with E-state index in [1.807, 2.05) is 0 Å². The van der Waals surface area contributed by atoms with Crippen LogP contribution in [0.2, 0.25) is 0 Å². The molecule has 2 heteroatoms. The molecule has 2 nitrogen and oxygen atoms in total. The Balaban J connectivity index is 1.05. The van der Waals surface area contributed by atoms with E-state index >= 15 is 0 Å². The Morgan fingerprint density at radius 3 is 1.64 bits per heavy atom. The topological polar surface area (TPSA) is 6.48 Å². The van der Waals surface area contributed by atoms with E-state index in [1.54, 1.807) is 0 Å². The van der Waals surface area contributed by atoms with Crippen LogP contribution in [0.15, 0.2) is 194 Å². The molecule has 0 N–H and O–H groups in total. The Morgan fingerprint density at radius 1 is 0.469 bits per heavy atom. The Hall–Kier alpha value is -6.90. The van der Waals surface area contributed by atoms with Crippen molar-refractivity contribution in [1.29, 1.82) is 0 Å². The lowest BCUT2D eigenvalue weighted by Gasteiger charge is -2.36. The van der Waals surface area contributed by atoms with E-state index in [1.165, 1.54) is 95.1 Å². The van der Waals surface area contributed by atoms with Crippen LogP contribution in [0, 0.1) is 13.8 Å². The van der Waals surface area contributed by atoms with Gasteiger partial charge in [-0.15, -0.1) is 0 Å². The number of aryl methyl sites for hydroxylation is 2. The maximum atomic E-state index is 2.64. The van der Waals surface area contributed by atoms with Crippen LogP contribution >= 0.6 is 0 Å². The number of benzene rings is 7. The molecule has 0 saturated heterocycles. The summed E-state index contributed by atoms with van der Waals surface area (Å²) in [5.41, 5.74) is 23.3. The lowest BCUT2D eigenvalue weighted by Crippen LogP contribution is -2.31. The molecule has 0 fully saturated rings. The third-order valence-electron chi connectivity index (χ3n) is 14.6. The van der Waals surface area contributed by atoms with Gasteiger partial charge in [0, 0.05) is 45.1 Å². The summed E-state index contributed by atoms with van der Waals surface area (Å²) >= 11 is 0. The number of nitrogens with zero attached hydrogens (tertiary/aromatic N) is 2. The molecule has 0 amide bonds. The van der Waals surface area contributed by atoms with E-state index in [0.717, 1.165) is 18.5 Å². The number of para-hydroxylation sites is 3. The zero-order valence-corrected chi connectivity index (χ0v) is 37.9. The second kappa shape index (κ2) is 15.4. The summed E-state index contributed by atoms with van der Waals surface area (Å²) in [7, 11) is 0. The zero-order chi connectivity index (χ0) is 43.7. The van der Waals surface area contributed by atoms with Crippen molar-refractivity contribution in [3.05, 3.63) is 233 Å². The molecule has 7 aromatic carbocycles. The van der Waals surface area contributed by atoms with Crippen molar-refractivity contribution >= 4 is 28.4 Å². The zero-order valence-electron chi connectivity index (χ0n) is 37.9. The second-order valence-electron chi connectivity index (χ2n) is 19.3. The van der Waals surface area contributed by atoms with Crippen LogP contribution < -0.4 is 9.80 Å². The number of rotatable bonds is 8. The van der Waals surface area contributed by atoms with Crippen molar-refractivity contribution in [2.75, 3.05) is 9.80 Å². The van der Waals surface area contributed by atoms with E-state index in [4.69, 9.17) is 0 Å². The third-order valence-corrected chi connectivity index (χ3v) is 14.6. The maximum Gasteiger partial charge on any atom is 0.0559 e. The number of hydrogen-bond donors (Lipinski definition) is 0. The van der Waals surface area contributed by atoms with Crippen LogP contribution in [-0.4, -0.2) is 6.04 Å². The van der Waals surface area contributed by atoms with Gasteiger partial charge < -0.3 is 9.80 Å². The molecule has 64 heavy (non-hydrogen) atoms. The van der Waals surface area contributed by atoms with Gasteiger partial charge in [0.25, 0.3) is 0 Å². The highest BCUT2D eigenvalue weighted by Crippen LogP contribution is 2.61. The molecule has 0 spiro atoms. The smallest absolute Gasteiger partial charge is 0.0559 e. The quantitative estimate of drug-likeness (QED) is 0.151. The number of allylic oxidation sites excluding steroid dienone is 6. The molecule has 2 unspecified atom stereocenters. The van der Waals surface area contributed by atoms with Crippen LogP contribution in [0.3, 0.4) is 0 Å². The normalized spacial score (nSPS) is 18.0. The van der Waals surface area contributed by atoms with Gasteiger partial charge in [-0.05, 0) is 142 Å². The van der Waals surface area contributed by atoms with Gasteiger partial charge in [0.2, 0.25) is 0 Å². The average Bonchev–Trinajstić information content (AvgIpc) is 3.70. The van der Waals surface area contributed by atoms with Gasteiger partial charge in [0.05, 0.1) is 11.7 Å². The summed E-state index contributed by atoms with van der Waals surface area (Å²) in [5.74, 6) is 0.344. The van der Waals surface area contributed by atoms with Crippen LogP contribution in [0.1, 0.15) is 85.4 Å². The molecule has 4 aliphatic carbocycles. The first-order chi connectivity index (χ1) is 31.1. The van der Waals surface area contributed by atoms with Gasteiger partial charge in [-0.25, -0.2) is 0 Å². The van der Waals surface area contributed by atoms with Crippen LogP contribution in [0.25, 0.3) is 33.4 Å². The maximum absolute atomic E-state index is 2.64. The molecule has 0 bridgehead atoms. The first-order valence-electron chi connectivity index (χ1n) is 23.2. The summed E-state index contributed by atoms with van der Waals surface area (Å²) in [6.45, 7) is 14.6. The lowest BCUT2D eigenvalue weighted by atomic mass is 9.72. The fraction of sp³-hybridized carbons (Fsp3) is 0.194. The Bertz CT molecular complexity index is 3090. The van der Waals surface area contributed by atoms with E-state index in [9.17, 15) is 0 Å². The van der Waals surface area contributed by atoms with Crippen LogP contribution in [0.5, 0.6) is 0 Å². The van der Waals surface area contributed by atoms with Gasteiger partial charge >= 0.3 is 0 Å². The van der Waals surface area contributed by atoms with Gasteiger partial charge in [0.1, 0.15) is 0 Å². The van der Waals surface area contributed by atoms with Crippen molar-refractivity contribution in [3.8, 4) is 33.4 Å². The van der Waals surface area contributed by atoms with E-state index in [2.05, 4.69) is 246 Å². The molecule has 4 aliphatic rings. The Morgan fingerprint density at radius 2 is 1.02 bits per heavy atom. The van der Waals surface area contributed by atoms with Crippen molar-refractivity contribution in [3.63, 3.8) is 0 Å². The minimum Gasteiger partial charge on any atom is -0.334 e. The number of fused-ring (bicyclic) bond motifs is 7. The first kappa shape index (κ1) is 39.9. The van der Waals surface area contributed by atoms with E-state index in [0.29, 0.717) is 5.92 Å². The van der Waals surface area contributed by atoms with Crippen LogP contribution in [0.4, 0.5) is 28.4 Å². The molecule has 0 aromatic heterocycles. The molecular weight excluding hydrogens is 773 g/mol. The minimum atomic E-state index is -0.250. The highest BCUT2D eigenvalue weighted by molar-refractivity contribution is 5.96. The van der Waals surface area contributed by atoms with Crippen molar-refractivity contribution in [2.45, 2.75) is 77.2 Å². The molecule has 0 aliphatic heterocycles. The number of hydrogen-bond acceptors (Lipinski definition) is 2. The summed E-state index contributed by atoms with van der Waals surface area (Å²) < 4.78 is 0. The SMILES string of the molecule is Cc1cc(N(c2ccccc2)c2ccccc2-c2ccccc2)cc2c1-c1ccc3c(c1C2(C)C)C(C)(C)c1cc(N(c2ccccc2C2C=CC=CC2)C2C=CC=CC2)cc(C)c1-3. The predicted octanol–water partition coefficient (Wildman–Crippen LogP) is 16.7. The fourth-order valence-electron chi connectivity index (χ4n) is 11.7. The fourth-order valence-corrected chi connectivity index (χ4v) is 11.7. The first-order valence-corrected chi connectivity index (χ1v) is 23.2. The highest BCUT2D eigenvalue weighted by Gasteiger charge is 2.47. The minimum absolute atomic E-state index is 0.212. The van der Waals surface area contributed by atoms with E-state index < -0.39 is 0 Å². The molecular formula is C62H56N2. The molecule has 0 radical (unpaired) electrons. The summed E-state index contributed by atoms with van der Waals surface area (Å²) in [6, 6.07) is 54.7. The highest BCUT2D eigenvalue weighted by atomic mass is 15.2. The molecule has 0 heterocycles. The summed E-state index contributed by atoms with van der Waals surface area (Å²) in [4.78, 5) is 5.10. The summed E-state index contributed by atoms with van der Waals surface area (Å²) in [6.07, 6.45) is 20.2. The van der Waals surface area contributed by atoms with Gasteiger partial charge in [0.15, 0.2) is 0 Å². The van der Waals surface area contributed by atoms with Gasteiger partial charge in [-0.2, -0.15) is 0 Å². The molecule has 11 rings (SSSR count). The molecule has 314 valence electrons. The predicted molar refractivity (Wildman–Crippen MR) is 272 cm³/mol. The Labute approximate surface area is 380 Å². The van der Waals surface area contributed by atoms with Gasteiger partial charge in [-0.3, -0.25) is 0 Å². The van der Waals surface area contributed by atoms with Crippen LogP contribution in [-0.2, 0) is 10.8 Å².